The number of hydrogen-bond acceptors (Lipinski definition) is 3. The van der Waals surface area contributed by atoms with Gasteiger partial charge in [0.25, 0.3) is 0 Å². The summed E-state index contributed by atoms with van der Waals surface area (Å²) in [5.41, 5.74) is 0. The van der Waals surface area contributed by atoms with Crippen molar-refractivity contribution < 1.29 is 0 Å². The van der Waals surface area contributed by atoms with E-state index in [2.05, 4.69) is 9.71 Å². The Labute approximate surface area is 34.8 Å². The molecule has 0 aliphatic carbocycles. The molecule has 5 heavy (non-hydrogen) atoms. The van der Waals surface area contributed by atoms with Crippen molar-refractivity contribution in [2.75, 3.05) is 5.88 Å². The molecule has 0 radical (unpaired) electrons. The minimum absolute atomic E-state index is 0.944. The standard InChI is InChI=1S/C2H4N2S/c1-3-2-5-4-1/h1H,2H2,(H,3,4). The minimum atomic E-state index is 0.944. The molecule has 0 spiro atoms. The molecule has 0 saturated carbocycles. The van der Waals surface area contributed by atoms with E-state index in [4.69, 9.17) is 0 Å². The molecule has 28 valence electrons. The summed E-state index contributed by atoms with van der Waals surface area (Å²) in [6.07, 6.45) is 1.70. The second-order valence-corrected chi connectivity index (χ2v) is 1.47. The molecule has 0 fully saturated rings. The van der Waals surface area contributed by atoms with Gasteiger partial charge in [-0.15, -0.1) is 0 Å². The molecule has 0 atom stereocenters. The molecule has 3 heteroatoms. The summed E-state index contributed by atoms with van der Waals surface area (Å²) in [7, 11) is 0. The third kappa shape index (κ3) is 0.545. The summed E-state index contributed by atoms with van der Waals surface area (Å²) in [6.45, 7) is 0. The van der Waals surface area contributed by atoms with E-state index in [1.54, 1.807) is 6.34 Å². The lowest BCUT2D eigenvalue weighted by Crippen LogP contribution is -2.00. The van der Waals surface area contributed by atoms with Crippen LogP contribution in [-0.4, -0.2) is 12.2 Å². The number of hydrogen-bond donors (Lipinski definition) is 1. The normalized spacial score (nSPS) is 19.2. The predicted octanol–water partition coefficient (Wildman–Crippen LogP) is 0.224. The molecule has 0 amide bonds. The van der Waals surface area contributed by atoms with Crippen molar-refractivity contribution in [1.29, 1.82) is 0 Å². The topological polar surface area (TPSA) is 24.4 Å². The minimum Gasteiger partial charge on any atom is -0.365 e. The van der Waals surface area contributed by atoms with Crippen molar-refractivity contribution in [2.24, 2.45) is 4.40 Å². The van der Waals surface area contributed by atoms with Crippen molar-refractivity contribution in [1.82, 2.24) is 5.32 Å². The molecule has 0 saturated heterocycles. The highest BCUT2D eigenvalue weighted by atomic mass is 32.2. The number of rotatable bonds is 0. The molecule has 1 heterocycles. The summed E-state index contributed by atoms with van der Waals surface area (Å²) >= 11 is 1.53. The average molecular weight is 88.1 g/mol. The third-order valence-corrected chi connectivity index (χ3v) is 0.917. The van der Waals surface area contributed by atoms with Gasteiger partial charge in [0.1, 0.15) is 0 Å². The monoisotopic (exact) mass is 88.0 g/mol. The van der Waals surface area contributed by atoms with Gasteiger partial charge in [-0.2, -0.15) is 0 Å². The van der Waals surface area contributed by atoms with E-state index in [0.717, 1.165) is 5.88 Å². The van der Waals surface area contributed by atoms with Crippen molar-refractivity contribution in [3.05, 3.63) is 0 Å². The van der Waals surface area contributed by atoms with Crippen LogP contribution in [0, 0.1) is 0 Å². The molecule has 1 aliphatic rings. The fourth-order valence-electron chi connectivity index (χ4n) is 0.186. The molecule has 1 N–H and O–H groups in total. The van der Waals surface area contributed by atoms with E-state index in [-0.39, 0.29) is 0 Å². The summed E-state index contributed by atoms with van der Waals surface area (Å²) in [5.74, 6) is 0.944. The Morgan fingerprint density at radius 1 is 2.00 bits per heavy atom. The zero-order chi connectivity index (χ0) is 3.54. The highest BCUT2D eigenvalue weighted by Crippen LogP contribution is 1.99. The first-order chi connectivity index (χ1) is 2.50. The first-order valence-corrected chi connectivity index (χ1v) is 2.31. The summed E-state index contributed by atoms with van der Waals surface area (Å²) in [4.78, 5) is 0. The van der Waals surface area contributed by atoms with E-state index in [1.165, 1.54) is 11.9 Å². The van der Waals surface area contributed by atoms with Crippen LogP contribution in [0.2, 0.25) is 0 Å². The predicted molar refractivity (Wildman–Crippen MR) is 24.1 cm³/mol. The van der Waals surface area contributed by atoms with E-state index in [1.807, 2.05) is 0 Å². The van der Waals surface area contributed by atoms with Crippen LogP contribution in [0.25, 0.3) is 0 Å². The molecule has 0 bridgehead atoms. The molecule has 0 unspecified atom stereocenters. The van der Waals surface area contributed by atoms with Gasteiger partial charge < -0.3 is 5.32 Å². The van der Waals surface area contributed by atoms with Gasteiger partial charge in [0.2, 0.25) is 0 Å². The van der Waals surface area contributed by atoms with E-state index in [9.17, 15) is 0 Å². The van der Waals surface area contributed by atoms with Gasteiger partial charge in [-0.05, 0) is 11.9 Å². The van der Waals surface area contributed by atoms with Crippen molar-refractivity contribution in [2.45, 2.75) is 0 Å². The maximum atomic E-state index is 3.76. The lowest BCUT2D eigenvalue weighted by atomic mass is 11.2. The van der Waals surface area contributed by atoms with Crippen molar-refractivity contribution >= 4 is 18.3 Å². The fourth-order valence-corrected chi connectivity index (χ4v) is 0.559. The molecular formula is C2H4N2S. The SMILES string of the molecule is C1=NSCN1. The van der Waals surface area contributed by atoms with Gasteiger partial charge in [-0.3, -0.25) is 0 Å². The fraction of sp³-hybridized carbons (Fsp3) is 0.500. The zero-order valence-corrected chi connectivity index (χ0v) is 3.46. The number of nitrogens with one attached hydrogen (secondary N) is 1. The molecule has 0 aromatic carbocycles. The quantitative estimate of drug-likeness (QED) is 0.428. The van der Waals surface area contributed by atoms with E-state index < -0.39 is 0 Å². The molecule has 1 aliphatic heterocycles. The van der Waals surface area contributed by atoms with Gasteiger partial charge in [0.15, 0.2) is 0 Å². The Bertz CT molecular complexity index is 45.6. The van der Waals surface area contributed by atoms with Crippen LogP contribution in [0.15, 0.2) is 4.40 Å². The van der Waals surface area contributed by atoms with Crippen LogP contribution >= 0.6 is 11.9 Å². The molecule has 1 rings (SSSR count). The molecule has 2 nitrogen and oxygen atoms in total. The first-order valence-electron chi connectivity index (χ1n) is 1.37. The Hall–Kier alpha value is -0.180. The van der Waals surface area contributed by atoms with Gasteiger partial charge in [-0.1, -0.05) is 0 Å². The largest absolute Gasteiger partial charge is 0.365 e. The maximum absolute atomic E-state index is 3.76. The van der Waals surface area contributed by atoms with Gasteiger partial charge in [0, 0.05) is 0 Å². The highest BCUT2D eigenvalue weighted by Gasteiger charge is 1.83. The molecule has 0 aromatic heterocycles. The van der Waals surface area contributed by atoms with Crippen LogP contribution in [0.3, 0.4) is 0 Å². The summed E-state index contributed by atoms with van der Waals surface area (Å²) in [6, 6.07) is 0. The van der Waals surface area contributed by atoms with Gasteiger partial charge in [0.05, 0.1) is 12.2 Å². The summed E-state index contributed by atoms with van der Waals surface area (Å²) in [5, 5.41) is 2.89. The molecule has 0 aromatic rings. The van der Waals surface area contributed by atoms with Crippen LogP contribution in [0.1, 0.15) is 0 Å². The molecular weight excluding hydrogens is 84.1 g/mol. The smallest absolute Gasteiger partial charge is 0.0971 e. The lowest BCUT2D eigenvalue weighted by Gasteiger charge is -1.73. The number of nitrogens with zero attached hydrogens (tertiary/aromatic N) is 1. The van der Waals surface area contributed by atoms with Crippen LogP contribution in [0.5, 0.6) is 0 Å². The van der Waals surface area contributed by atoms with Crippen molar-refractivity contribution in [3.8, 4) is 0 Å². The van der Waals surface area contributed by atoms with Crippen LogP contribution < -0.4 is 5.32 Å². The Kier molecular flexibility index (Phi) is 0.792. The zero-order valence-electron chi connectivity index (χ0n) is 2.64. The summed E-state index contributed by atoms with van der Waals surface area (Å²) < 4.78 is 3.76. The van der Waals surface area contributed by atoms with Crippen molar-refractivity contribution in [3.63, 3.8) is 0 Å². The second-order valence-electron chi connectivity index (χ2n) is 0.712. The lowest BCUT2D eigenvalue weighted by molar-refractivity contribution is 1.19. The second kappa shape index (κ2) is 1.31. The first kappa shape index (κ1) is 3.03. The highest BCUT2D eigenvalue weighted by molar-refractivity contribution is 7.98. The maximum Gasteiger partial charge on any atom is 0.0971 e. The van der Waals surface area contributed by atoms with Gasteiger partial charge in [-0.25, -0.2) is 4.40 Å². The third-order valence-electron chi connectivity index (χ3n) is 0.366. The average Bonchev–Trinajstić information content (AvgIpc) is 1.76. The van der Waals surface area contributed by atoms with E-state index >= 15 is 0 Å². The van der Waals surface area contributed by atoms with Crippen LogP contribution in [-0.2, 0) is 0 Å². The van der Waals surface area contributed by atoms with E-state index in [0.29, 0.717) is 0 Å². The Balaban J connectivity index is 2.32. The van der Waals surface area contributed by atoms with Gasteiger partial charge >= 0.3 is 0 Å². The van der Waals surface area contributed by atoms with Crippen LogP contribution in [0.4, 0.5) is 0 Å². The Morgan fingerprint density at radius 3 is 3.20 bits per heavy atom. The Morgan fingerprint density at radius 2 is 3.00 bits per heavy atom.